The number of fused-ring (bicyclic) bond motifs is 1. The van der Waals surface area contributed by atoms with Gasteiger partial charge in [-0.2, -0.15) is 5.10 Å². The largest absolute Gasteiger partial charge is 0.311 e. The third kappa shape index (κ3) is 4.09. The van der Waals surface area contributed by atoms with E-state index in [1.807, 2.05) is 31.2 Å². The summed E-state index contributed by atoms with van der Waals surface area (Å²) in [6.45, 7) is 2.73. The molecule has 1 N–H and O–H groups in total. The lowest BCUT2D eigenvalue weighted by atomic mass is 9.81. The average molecular weight is 394 g/mol. The van der Waals surface area contributed by atoms with Gasteiger partial charge in [0.2, 0.25) is 17.7 Å². The maximum Gasteiger partial charge on any atom is 0.233 e. The Morgan fingerprint density at radius 2 is 1.72 bits per heavy atom. The summed E-state index contributed by atoms with van der Waals surface area (Å²) >= 11 is 0. The van der Waals surface area contributed by atoms with Gasteiger partial charge in [-0.25, -0.2) is 4.68 Å². The van der Waals surface area contributed by atoms with Gasteiger partial charge in [-0.3, -0.25) is 19.3 Å². The van der Waals surface area contributed by atoms with Gasteiger partial charge in [0.1, 0.15) is 5.82 Å². The topological polar surface area (TPSA) is 84.3 Å². The number of anilines is 1. The molecule has 0 bridgehead atoms. The van der Waals surface area contributed by atoms with Gasteiger partial charge in [0.05, 0.1) is 24.6 Å². The summed E-state index contributed by atoms with van der Waals surface area (Å²) in [7, 11) is 0. The summed E-state index contributed by atoms with van der Waals surface area (Å²) in [5.74, 6) is -0.172. The number of nitrogens with zero attached hydrogens (tertiary/aromatic N) is 3. The van der Waals surface area contributed by atoms with Gasteiger partial charge in [0.15, 0.2) is 0 Å². The summed E-state index contributed by atoms with van der Waals surface area (Å²) in [5, 5.41) is 7.13. The van der Waals surface area contributed by atoms with E-state index in [1.54, 1.807) is 16.9 Å². The maximum atomic E-state index is 12.5. The first-order valence-corrected chi connectivity index (χ1v) is 10.3. The average Bonchev–Trinajstić information content (AvgIpc) is 3.25. The summed E-state index contributed by atoms with van der Waals surface area (Å²) in [5.41, 5.74) is 2.28. The summed E-state index contributed by atoms with van der Waals surface area (Å²) < 4.78 is 1.73. The van der Waals surface area contributed by atoms with Gasteiger partial charge in [-0.1, -0.05) is 42.7 Å². The molecular weight excluding hydrogens is 368 g/mol. The number of hydrogen-bond acceptors (Lipinski definition) is 4. The molecule has 0 unspecified atom stereocenters. The Morgan fingerprint density at radius 3 is 2.38 bits per heavy atom. The fraction of sp³-hybridized carbons (Fsp3) is 0.455. The highest BCUT2D eigenvalue weighted by atomic mass is 16.2. The van der Waals surface area contributed by atoms with Gasteiger partial charge in [-0.05, 0) is 25.3 Å². The number of aromatic nitrogens is 2. The zero-order valence-electron chi connectivity index (χ0n) is 16.6. The monoisotopic (exact) mass is 394 g/mol. The van der Waals surface area contributed by atoms with Gasteiger partial charge in [0.25, 0.3) is 0 Å². The Bertz CT molecular complexity index is 894. The molecule has 4 rings (SSSR count). The molecule has 1 aromatic heterocycles. The van der Waals surface area contributed by atoms with E-state index >= 15 is 0 Å². The van der Waals surface area contributed by atoms with Crippen LogP contribution in [0.4, 0.5) is 5.82 Å². The van der Waals surface area contributed by atoms with Crippen LogP contribution in [0.15, 0.2) is 36.5 Å². The van der Waals surface area contributed by atoms with Crippen molar-refractivity contribution in [3.05, 3.63) is 47.7 Å². The molecule has 2 aromatic rings. The van der Waals surface area contributed by atoms with Crippen LogP contribution in [0, 0.1) is 18.8 Å². The number of rotatable bonds is 6. The first-order chi connectivity index (χ1) is 14.0. The van der Waals surface area contributed by atoms with Crippen LogP contribution >= 0.6 is 0 Å². The van der Waals surface area contributed by atoms with Crippen molar-refractivity contribution in [3.63, 3.8) is 0 Å². The lowest BCUT2D eigenvalue weighted by Gasteiger charge is -2.19. The molecule has 2 heterocycles. The van der Waals surface area contributed by atoms with E-state index in [1.165, 1.54) is 10.5 Å². The Morgan fingerprint density at radius 1 is 1.07 bits per heavy atom. The third-order valence-corrected chi connectivity index (χ3v) is 5.93. The number of benzene rings is 1. The Labute approximate surface area is 170 Å². The van der Waals surface area contributed by atoms with Crippen molar-refractivity contribution >= 4 is 23.5 Å². The minimum absolute atomic E-state index is 0.0899. The first kappa shape index (κ1) is 19.4. The zero-order valence-corrected chi connectivity index (χ0v) is 16.6. The molecule has 1 aromatic carbocycles. The number of hydrogen-bond donors (Lipinski definition) is 1. The molecule has 0 radical (unpaired) electrons. The lowest BCUT2D eigenvalue weighted by Crippen LogP contribution is -2.34. The molecule has 1 saturated heterocycles. The Balaban J connectivity index is 1.34. The molecule has 0 spiro atoms. The summed E-state index contributed by atoms with van der Waals surface area (Å²) in [6.07, 6.45) is 5.31. The molecule has 1 saturated carbocycles. The highest BCUT2D eigenvalue weighted by Gasteiger charge is 2.47. The number of carbonyl (C=O) groups is 3. The molecule has 2 fully saturated rings. The van der Waals surface area contributed by atoms with Crippen LogP contribution in [-0.4, -0.2) is 38.9 Å². The minimum Gasteiger partial charge on any atom is -0.311 e. The van der Waals surface area contributed by atoms with E-state index in [2.05, 4.69) is 10.4 Å². The second-order valence-electron chi connectivity index (χ2n) is 7.98. The molecule has 152 valence electrons. The number of imide groups is 1. The molecular formula is C22H26N4O3. The number of carbonyl (C=O) groups excluding carboxylic acids is 3. The quantitative estimate of drug-likeness (QED) is 0.764. The normalized spacial score (nSPS) is 21.3. The van der Waals surface area contributed by atoms with Gasteiger partial charge >= 0.3 is 0 Å². The van der Waals surface area contributed by atoms with E-state index in [0.717, 1.165) is 31.2 Å². The molecule has 1 aliphatic carbocycles. The van der Waals surface area contributed by atoms with Crippen LogP contribution in [0.5, 0.6) is 0 Å². The van der Waals surface area contributed by atoms with Crippen molar-refractivity contribution in [2.24, 2.45) is 11.8 Å². The van der Waals surface area contributed by atoms with Crippen molar-refractivity contribution in [1.29, 1.82) is 0 Å². The van der Waals surface area contributed by atoms with Crippen LogP contribution in [0.25, 0.3) is 0 Å². The Kier molecular flexibility index (Phi) is 5.47. The van der Waals surface area contributed by atoms with Crippen molar-refractivity contribution in [1.82, 2.24) is 14.7 Å². The van der Waals surface area contributed by atoms with Crippen molar-refractivity contribution in [3.8, 4) is 0 Å². The van der Waals surface area contributed by atoms with Crippen molar-refractivity contribution in [2.45, 2.75) is 45.6 Å². The van der Waals surface area contributed by atoms with E-state index in [-0.39, 0.29) is 42.5 Å². The van der Waals surface area contributed by atoms with Crippen molar-refractivity contribution < 1.29 is 14.4 Å². The van der Waals surface area contributed by atoms with Crippen molar-refractivity contribution in [2.75, 3.05) is 11.9 Å². The molecule has 2 atom stereocenters. The maximum absolute atomic E-state index is 12.5. The predicted molar refractivity (Wildman–Crippen MR) is 108 cm³/mol. The molecule has 2 aliphatic rings. The number of aryl methyl sites for hydroxylation is 1. The van der Waals surface area contributed by atoms with Crippen LogP contribution in [0.2, 0.25) is 0 Å². The van der Waals surface area contributed by atoms with E-state index in [9.17, 15) is 14.4 Å². The Hall–Kier alpha value is -2.96. The van der Waals surface area contributed by atoms with E-state index in [0.29, 0.717) is 12.4 Å². The second-order valence-corrected chi connectivity index (χ2v) is 7.98. The third-order valence-electron chi connectivity index (χ3n) is 5.93. The van der Waals surface area contributed by atoms with Crippen LogP contribution in [0.3, 0.4) is 0 Å². The zero-order chi connectivity index (χ0) is 20.4. The number of amides is 3. The fourth-order valence-corrected chi connectivity index (χ4v) is 4.30. The molecule has 3 amide bonds. The minimum atomic E-state index is -0.230. The SMILES string of the molecule is Cc1ccc(Cn2nccc2NC(=O)CCN2C(=O)[C@H]3CCCC[C@@H]3C2=O)cc1. The molecule has 7 heteroatoms. The molecule has 7 nitrogen and oxygen atoms in total. The molecule has 29 heavy (non-hydrogen) atoms. The summed E-state index contributed by atoms with van der Waals surface area (Å²) in [4.78, 5) is 38.8. The predicted octanol–water partition coefficient (Wildman–Crippen LogP) is 2.74. The number of nitrogens with one attached hydrogen (secondary N) is 1. The highest BCUT2D eigenvalue weighted by Crippen LogP contribution is 2.37. The lowest BCUT2D eigenvalue weighted by molar-refractivity contribution is -0.140. The van der Waals surface area contributed by atoms with Gasteiger partial charge in [0, 0.05) is 19.0 Å². The first-order valence-electron chi connectivity index (χ1n) is 10.3. The van der Waals surface area contributed by atoms with Crippen LogP contribution in [-0.2, 0) is 20.9 Å². The highest BCUT2D eigenvalue weighted by molar-refractivity contribution is 6.05. The standard InChI is InChI=1S/C22H26N4O3/c1-15-6-8-16(9-7-15)14-26-19(10-12-23-26)24-20(27)11-13-25-21(28)17-4-2-3-5-18(17)22(25)29/h6-10,12,17-18H,2-5,11,13-14H2,1H3,(H,24,27)/t17-,18-/m0/s1. The number of likely N-dealkylation sites (tertiary alicyclic amines) is 1. The smallest absolute Gasteiger partial charge is 0.233 e. The molecule has 1 aliphatic heterocycles. The van der Waals surface area contributed by atoms with Gasteiger partial charge < -0.3 is 5.32 Å². The summed E-state index contributed by atoms with van der Waals surface area (Å²) in [6, 6.07) is 9.89. The van der Waals surface area contributed by atoms with Crippen LogP contribution in [0.1, 0.15) is 43.2 Å². The van der Waals surface area contributed by atoms with Gasteiger partial charge in [-0.15, -0.1) is 0 Å². The second kappa shape index (κ2) is 8.19. The van der Waals surface area contributed by atoms with E-state index in [4.69, 9.17) is 0 Å². The van der Waals surface area contributed by atoms with Crippen LogP contribution < -0.4 is 5.32 Å². The van der Waals surface area contributed by atoms with E-state index < -0.39 is 0 Å². The fourth-order valence-electron chi connectivity index (χ4n) is 4.30.